The molecule has 0 saturated heterocycles. The number of carbonyl (C=O) groups excluding carboxylic acids is 1. The van der Waals surface area contributed by atoms with Crippen LogP contribution in [0.3, 0.4) is 0 Å². The molecule has 3 N–H and O–H groups in total. The van der Waals surface area contributed by atoms with Crippen molar-refractivity contribution in [1.29, 1.82) is 0 Å². The number of benzene rings is 2. The Morgan fingerprint density at radius 1 is 1.00 bits per heavy atom. The number of nitrogen functional groups attached to an aromatic ring is 1. The van der Waals surface area contributed by atoms with Gasteiger partial charge >= 0.3 is 0 Å². The van der Waals surface area contributed by atoms with Crippen molar-refractivity contribution in [1.82, 2.24) is 0 Å². The van der Waals surface area contributed by atoms with E-state index >= 15 is 0 Å². The number of halogens is 3. The summed E-state index contributed by atoms with van der Waals surface area (Å²) in [6.45, 7) is 3.58. The molecular weight excluding hydrogens is 281 g/mol. The van der Waals surface area contributed by atoms with Crippen molar-refractivity contribution in [2.24, 2.45) is 0 Å². The minimum Gasteiger partial charge on any atom is -0.398 e. The van der Waals surface area contributed by atoms with Crippen LogP contribution in [-0.4, -0.2) is 5.91 Å². The normalized spacial score (nSPS) is 10.5. The maximum atomic E-state index is 13.1. The lowest BCUT2D eigenvalue weighted by Crippen LogP contribution is -2.14. The molecule has 0 fully saturated rings. The minimum absolute atomic E-state index is 0.315. The highest BCUT2D eigenvalue weighted by atomic mass is 19.2. The average Bonchev–Trinajstić information content (AvgIpc) is 2.41. The fourth-order valence-electron chi connectivity index (χ4n) is 1.88. The van der Waals surface area contributed by atoms with Crippen molar-refractivity contribution >= 4 is 17.3 Å². The lowest BCUT2D eigenvalue weighted by Gasteiger charge is -2.11. The summed E-state index contributed by atoms with van der Waals surface area (Å²) in [5, 5.41) is 2.49. The van der Waals surface area contributed by atoms with E-state index in [1.165, 1.54) is 0 Å². The van der Waals surface area contributed by atoms with Crippen LogP contribution in [0.4, 0.5) is 24.5 Å². The van der Waals surface area contributed by atoms with E-state index < -0.39 is 23.4 Å². The first-order valence-electron chi connectivity index (χ1n) is 6.12. The van der Waals surface area contributed by atoms with Gasteiger partial charge in [0.15, 0.2) is 17.5 Å². The lowest BCUT2D eigenvalue weighted by molar-refractivity contribution is 0.102. The first kappa shape index (κ1) is 14.9. The molecule has 3 nitrogen and oxygen atoms in total. The van der Waals surface area contributed by atoms with Gasteiger partial charge in [0, 0.05) is 16.9 Å². The molecule has 0 unspecified atom stereocenters. The summed E-state index contributed by atoms with van der Waals surface area (Å²) in [4.78, 5) is 12.0. The van der Waals surface area contributed by atoms with E-state index in [0.29, 0.717) is 23.5 Å². The van der Waals surface area contributed by atoms with Crippen molar-refractivity contribution in [3.05, 3.63) is 58.4 Å². The Balaban J connectivity index is 2.32. The molecule has 0 atom stereocenters. The zero-order valence-corrected chi connectivity index (χ0v) is 11.4. The summed E-state index contributed by atoms with van der Waals surface area (Å²) in [6, 6.07) is 4.61. The number of hydrogen-bond donors (Lipinski definition) is 2. The predicted molar refractivity (Wildman–Crippen MR) is 74.6 cm³/mol. The first-order chi connectivity index (χ1) is 9.79. The van der Waals surface area contributed by atoms with Crippen molar-refractivity contribution in [3.8, 4) is 0 Å². The number of anilines is 2. The second-order valence-corrected chi connectivity index (χ2v) is 4.73. The third kappa shape index (κ3) is 2.99. The summed E-state index contributed by atoms with van der Waals surface area (Å²) < 4.78 is 39.1. The SMILES string of the molecule is Cc1cc(C)c(NC(=O)c2cc(F)c(F)c(F)c2)cc1N. The summed E-state index contributed by atoms with van der Waals surface area (Å²) in [7, 11) is 0. The van der Waals surface area contributed by atoms with Gasteiger partial charge in [-0.15, -0.1) is 0 Å². The van der Waals surface area contributed by atoms with Crippen molar-refractivity contribution in [2.75, 3.05) is 11.1 Å². The Bertz CT molecular complexity index is 706. The van der Waals surface area contributed by atoms with Crippen molar-refractivity contribution in [3.63, 3.8) is 0 Å². The van der Waals surface area contributed by atoms with Crippen molar-refractivity contribution in [2.45, 2.75) is 13.8 Å². The molecule has 2 rings (SSSR count). The quantitative estimate of drug-likeness (QED) is 0.657. The van der Waals surface area contributed by atoms with Gasteiger partial charge in [-0.1, -0.05) is 6.07 Å². The highest BCUT2D eigenvalue weighted by Crippen LogP contribution is 2.23. The number of nitrogens with two attached hydrogens (primary N) is 1. The Hall–Kier alpha value is -2.50. The molecule has 0 aliphatic carbocycles. The number of aryl methyl sites for hydroxylation is 2. The van der Waals surface area contributed by atoms with E-state index in [4.69, 9.17) is 5.73 Å². The molecule has 0 aromatic heterocycles. The molecule has 1 amide bonds. The maximum Gasteiger partial charge on any atom is 0.255 e. The number of hydrogen-bond acceptors (Lipinski definition) is 2. The molecule has 0 radical (unpaired) electrons. The second-order valence-electron chi connectivity index (χ2n) is 4.73. The van der Waals surface area contributed by atoms with Crippen LogP contribution in [0.15, 0.2) is 24.3 Å². The standard InChI is InChI=1S/C15H13F3N2O/c1-7-3-8(2)13(6-12(7)19)20-15(21)9-4-10(16)14(18)11(17)5-9/h3-6H,19H2,1-2H3,(H,20,21). The Kier molecular flexibility index (Phi) is 3.88. The van der Waals surface area contributed by atoms with E-state index in [1.807, 2.05) is 6.92 Å². The van der Waals surface area contributed by atoms with Crippen LogP contribution >= 0.6 is 0 Å². The van der Waals surface area contributed by atoms with Gasteiger partial charge in [-0.05, 0) is 43.2 Å². The largest absolute Gasteiger partial charge is 0.398 e. The molecule has 2 aromatic rings. The zero-order chi connectivity index (χ0) is 15.7. The highest BCUT2D eigenvalue weighted by Gasteiger charge is 2.16. The fourth-order valence-corrected chi connectivity index (χ4v) is 1.88. The molecule has 0 aliphatic heterocycles. The molecule has 0 saturated carbocycles. The van der Waals surface area contributed by atoms with Gasteiger partial charge in [0.2, 0.25) is 0 Å². The molecule has 110 valence electrons. The predicted octanol–water partition coefficient (Wildman–Crippen LogP) is 3.56. The molecule has 0 aliphatic rings. The van der Waals surface area contributed by atoms with Crippen LogP contribution in [0.1, 0.15) is 21.5 Å². The molecule has 0 spiro atoms. The van der Waals surface area contributed by atoms with E-state index in [2.05, 4.69) is 5.32 Å². The molecule has 6 heteroatoms. The van der Waals surface area contributed by atoms with Crippen LogP contribution < -0.4 is 11.1 Å². The molecular formula is C15H13F3N2O. The summed E-state index contributed by atoms with van der Waals surface area (Å²) in [5.74, 6) is -5.19. The monoisotopic (exact) mass is 294 g/mol. The third-order valence-corrected chi connectivity index (χ3v) is 3.11. The Morgan fingerprint density at radius 3 is 2.14 bits per heavy atom. The molecule has 0 heterocycles. The molecule has 0 bridgehead atoms. The summed E-state index contributed by atoms with van der Waals surface area (Å²) in [6.07, 6.45) is 0. The number of carbonyl (C=O) groups is 1. The van der Waals surface area contributed by atoms with Gasteiger partial charge in [0.1, 0.15) is 0 Å². The lowest BCUT2D eigenvalue weighted by atomic mass is 10.1. The zero-order valence-electron chi connectivity index (χ0n) is 11.4. The van der Waals surface area contributed by atoms with Gasteiger partial charge in [0.05, 0.1) is 0 Å². The van der Waals surface area contributed by atoms with Gasteiger partial charge in [-0.25, -0.2) is 13.2 Å². The van der Waals surface area contributed by atoms with Gasteiger partial charge in [-0.2, -0.15) is 0 Å². The van der Waals surface area contributed by atoms with Crippen LogP contribution in [0.25, 0.3) is 0 Å². The van der Waals surface area contributed by atoms with E-state index in [1.54, 1.807) is 19.1 Å². The fraction of sp³-hybridized carbons (Fsp3) is 0.133. The van der Waals surface area contributed by atoms with Crippen molar-refractivity contribution < 1.29 is 18.0 Å². The van der Waals surface area contributed by atoms with Gasteiger partial charge < -0.3 is 11.1 Å². The van der Waals surface area contributed by atoms with E-state index in [9.17, 15) is 18.0 Å². The van der Waals surface area contributed by atoms with Crippen LogP contribution in [0, 0.1) is 31.3 Å². The van der Waals surface area contributed by atoms with E-state index in [0.717, 1.165) is 11.1 Å². The topological polar surface area (TPSA) is 55.1 Å². The van der Waals surface area contributed by atoms with Gasteiger partial charge in [0.25, 0.3) is 5.91 Å². The minimum atomic E-state index is -1.61. The van der Waals surface area contributed by atoms with E-state index in [-0.39, 0.29) is 5.56 Å². The smallest absolute Gasteiger partial charge is 0.255 e. The highest BCUT2D eigenvalue weighted by molar-refractivity contribution is 6.04. The van der Waals surface area contributed by atoms with Crippen LogP contribution in [-0.2, 0) is 0 Å². The number of nitrogens with one attached hydrogen (secondary N) is 1. The van der Waals surface area contributed by atoms with Gasteiger partial charge in [-0.3, -0.25) is 4.79 Å². The maximum absolute atomic E-state index is 13.1. The number of amides is 1. The number of rotatable bonds is 2. The average molecular weight is 294 g/mol. The Labute approximate surface area is 119 Å². The van der Waals surface area contributed by atoms with Crippen LogP contribution in [0.5, 0.6) is 0 Å². The van der Waals surface area contributed by atoms with Crippen LogP contribution in [0.2, 0.25) is 0 Å². The molecule has 21 heavy (non-hydrogen) atoms. The summed E-state index contributed by atoms with van der Waals surface area (Å²) >= 11 is 0. The third-order valence-electron chi connectivity index (χ3n) is 3.11. The first-order valence-corrected chi connectivity index (χ1v) is 6.12. The Morgan fingerprint density at radius 2 is 1.57 bits per heavy atom. The molecule has 2 aromatic carbocycles. The summed E-state index contributed by atoms with van der Waals surface area (Å²) in [5.41, 5.74) is 7.94. The second kappa shape index (κ2) is 5.47.